The monoisotopic (exact) mass is 286 g/mol. The SMILES string of the molecule is Cc1cncc(CN2CCOCC2c2c(C)n[nH]c2C)c1. The Morgan fingerprint density at radius 1 is 1.33 bits per heavy atom. The lowest BCUT2D eigenvalue weighted by Gasteiger charge is -2.36. The van der Waals surface area contributed by atoms with Gasteiger partial charge in [-0.3, -0.25) is 15.0 Å². The number of ether oxygens (including phenoxy) is 1. The summed E-state index contributed by atoms with van der Waals surface area (Å²) >= 11 is 0. The molecule has 5 heteroatoms. The third-order valence-electron chi connectivity index (χ3n) is 4.07. The lowest BCUT2D eigenvalue weighted by atomic mass is 10.0. The zero-order valence-corrected chi connectivity index (χ0v) is 12.9. The Morgan fingerprint density at radius 2 is 2.19 bits per heavy atom. The van der Waals surface area contributed by atoms with Crippen molar-refractivity contribution >= 4 is 0 Å². The largest absolute Gasteiger partial charge is 0.378 e. The maximum atomic E-state index is 5.71. The van der Waals surface area contributed by atoms with Crippen molar-refractivity contribution in [1.82, 2.24) is 20.1 Å². The van der Waals surface area contributed by atoms with Crippen LogP contribution in [-0.4, -0.2) is 39.8 Å². The van der Waals surface area contributed by atoms with Gasteiger partial charge in [-0.25, -0.2) is 0 Å². The lowest BCUT2D eigenvalue weighted by molar-refractivity contribution is -0.0132. The fraction of sp³-hybridized carbons (Fsp3) is 0.500. The van der Waals surface area contributed by atoms with Gasteiger partial charge in [0.1, 0.15) is 0 Å². The van der Waals surface area contributed by atoms with E-state index in [4.69, 9.17) is 4.74 Å². The van der Waals surface area contributed by atoms with E-state index in [-0.39, 0.29) is 6.04 Å². The second kappa shape index (κ2) is 5.95. The first-order valence-electron chi connectivity index (χ1n) is 7.39. The number of H-pyrrole nitrogens is 1. The van der Waals surface area contributed by atoms with E-state index in [1.54, 1.807) is 0 Å². The molecule has 5 nitrogen and oxygen atoms in total. The molecule has 1 aliphatic heterocycles. The molecule has 1 saturated heterocycles. The highest BCUT2D eigenvalue weighted by molar-refractivity contribution is 5.28. The third kappa shape index (κ3) is 2.99. The molecule has 3 heterocycles. The van der Waals surface area contributed by atoms with Crippen LogP contribution < -0.4 is 0 Å². The van der Waals surface area contributed by atoms with Crippen LogP contribution in [0.3, 0.4) is 0 Å². The molecule has 112 valence electrons. The molecule has 0 spiro atoms. The summed E-state index contributed by atoms with van der Waals surface area (Å²) in [5.74, 6) is 0. The molecule has 0 aliphatic carbocycles. The summed E-state index contributed by atoms with van der Waals surface area (Å²) in [6, 6.07) is 2.47. The van der Waals surface area contributed by atoms with Crippen LogP contribution in [0.5, 0.6) is 0 Å². The summed E-state index contributed by atoms with van der Waals surface area (Å²) in [5.41, 5.74) is 5.93. The summed E-state index contributed by atoms with van der Waals surface area (Å²) in [6.07, 6.45) is 3.85. The molecule has 0 bridgehead atoms. The van der Waals surface area contributed by atoms with Crippen molar-refractivity contribution in [2.24, 2.45) is 0 Å². The van der Waals surface area contributed by atoms with E-state index in [0.717, 1.165) is 37.7 Å². The fourth-order valence-corrected chi connectivity index (χ4v) is 3.08. The number of aromatic amines is 1. The van der Waals surface area contributed by atoms with Crippen molar-refractivity contribution in [3.8, 4) is 0 Å². The Kier molecular flexibility index (Phi) is 4.03. The van der Waals surface area contributed by atoms with E-state index in [1.165, 1.54) is 16.7 Å². The number of aromatic nitrogens is 3. The van der Waals surface area contributed by atoms with E-state index < -0.39 is 0 Å². The van der Waals surface area contributed by atoms with Gasteiger partial charge in [-0.05, 0) is 31.9 Å². The van der Waals surface area contributed by atoms with E-state index in [9.17, 15) is 0 Å². The van der Waals surface area contributed by atoms with Gasteiger partial charge >= 0.3 is 0 Å². The fourth-order valence-electron chi connectivity index (χ4n) is 3.08. The molecule has 2 aromatic rings. The summed E-state index contributed by atoms with van der Waals surface area (Å²) in [6.45, 7) is 9.55. The van der Waals surface area contributed by atoms with Gasteiger partial charge < -0.3 is 4.74 Å². The van der Waals surface area contributed by atoms with Crippen molar-refractivity contribution < 1.29 is 4.74 Å². The number of rotatable bonds is 3. The van der Waals surface area contributed by atoms with Gasteiger partial charge in [0.2, 0.25) is 0 Å². The molecule has 1 atom stereocenters. The van der Waals surface area contributed by atoms with Crippen LogP contribution in [0.1, 0.15) is 34.1 Å². The number of hydrogen-bond donors (Lipinski definition) is 1. The van der Waals surface area contributed by atoms with Crippen LogP contribution in [0, 0.1) is 20.8 Å². The van der Waals surface area contributed by atoms with Crippen molar-refractivity contribution in [3.05, 3.63) is 46.5 Å². The average molecular weight is 286 g/mol. The van der Waals surface area contributed by atoms with Crippen LogP contribution in [0.4, 0.5) is 0 Å². The molecule has 21 heavy (non-hydrogen) atoms. The average Bonchev–Trinajstić information content (AvgIpc) is 2.79. The standard InChI is InChI=1S/C16H22N4O/c1-11-6-14(8-17-7-11)9-20-4-5-21-10-15(20)16-12(2)18-19-13(16)3/h6-8,15H,4-5,9-10H2,1-3H3,(H,18,19). The van der Waals surface area contributed by atoms with Crippen molar-refractivity contribution in [2.45, 2.75) is 33.4 Å². The maximum Gasteiger partial charge on any atom is 0.0665 e. The summed E-state index contributed by atoms with van der Waals surface area (Å²) in [4.78, 5) is 6.76. The molecule has 1 N–H and O–H groups in total. The Balaban J connectivity index is 1.85. The van der Waals surface area contributed by atoms with Crippen molar-refractivity contribution in [3.63, 3.8) is 0 Å². The van der Waals surface area contributed by atoms with E-state index in [2.05, 4.69) is 46.9 Å². The zero-order valence-electron chi connectivity index (χ0n) is 12.9. The van der Waals surface area contributed by atoms with Crippen molar-refractivity contribution in [1.29, 1.82) is 0 Å². The van der Waals surface area contributed by atoms with Gasteiger partial charge in [0.05, 0.1) is 24.9 Å². The summed E-state index contributed by atoms with van der Waals surface area (Å²) in [7, 11) is 0. The van der Waals surface area contributed by atoms with E-state index in [0.29, 0.717) is 0 Å². The first-order valence-corrected chi connectivity index (χ1v) is 7.39. The minimum absolute atomic E-state index is 0.262. The molecular formula is C16H22N4O. The molecule has 1 fully saturated rings. The molecule has 0 radical (unpaired) electrons. The normalized spacial score (nSPS) is 19.9. The Morgan fingerprint density at radius 3 is 2.90 bits per heavy atom. The molecule has 3 rings (SSSR count). The van der Waals surface area contributed by atoms with Gasteiger partial charge in [0.25, 0.3) is 0 Å². The van der Waals surface area contributed by atoms with Crippen LogP contribution >= 0.6 is 0 Å². The van der Waals surface area contributed by atoms with E-state index in [1.807, 2.05) is 12.4 Å². The first-order chi connectivity index (χ1) is 10.1. The molecule has 0 amide bonds. The zero-order chi connectivity index (χ0) is 14.8. The summed E-state index contributed by atoms with van der Waals surface area (Å²) < 4.78 is 5.71. The Hall–Kier alpha value is -1.72. The van der Waals surface area contributed by atoms with Crippen LogP contribution in [-0.2, 0) is 11.3 Å². The van der Waals surface area contributed by atoms with Gasteiger partial charge in [0.15, 0.2) is 0 Å². The lowest BCUT2D eigenvalue weighted by Crippen LogP contribution is -2.39. The van der Waals surface area contributed by atoms with E-state index >= 15 is 0 Å². The number of aryl methyl sites for hydroxylation is 3. The predicted molar refractivity (Wildman–Crippen MR) is 81.0 cm³/mol. The van der Waals surface area contributed by atoms with Crippen LogP contribution in [0.25, 0.3) is 0 Å². The number of morpholine rings is 1. The number of hydrogen-bond acceptors (Lipinski definition) is 4. The summed E-state index contributed by atoms with van der Waals surface area (Å²) in [5, 5.41) is 7.41. The quantitative estimate of drug-likeness (QED) is 0.940. The minimum atomic E-state index is 0.262. The second-order valence-corrected chi connectivity index (χ2v) is 5.78. The Bertz CT molecular complexity index is 603. The highest BCUT2D eigenvalue weighted by atomic mass is 16.5. The second-order valence-electron chi connectivity index (χ2n) is 5.78. The van der Waals surface area contributed by atoms with Crippen molar-refractivity contribution in [2.75, 3.05) is 19.8 Å². The van der Waals surface area contributed by atoms with Gasteiger partial charge in [-0.15, -0.1) is 0 Å². The molecular weight excluding hydrogens is 264 g/mol. The Labute approximate surface area is 125 Å². The van der Waals surface area contributed by atoms with Gasteiger partial charge in [0, 0.05) is 36.7 Å². The van der Waals surface area contributed by atoms with Crippen LogP contribution in [0.15, 0.2) is 18.5 Å². The topological polar surface area (TPSA) is 54.0 Å². The molecule has 0 aromatic carbocycles. The van der Waals surface area contributed by atoms with Gasteiger partial charge in [-0.1, -0.05) is 6.07 Å². The first kappa shape index (κ1) is 14.2. The highest BCUT2D eigenvalue weighted by Crippen LogP contribution is 2.29. The number of pyridine rings is 1. The molecule has 2 aromatic heterocycles. The number of nitrogens with one attached hydrogen (secondary N) is 1. The minimum Gasteiger partial charge on any atom is -0.378 e. The van der Waals surface area contributed by atoms with Crippen LogP contribution in [0.2, 0.25) is 0 Å². The highest BCUT2D eigenvalue weighted by Gasteiger charge is 2.28. The molecule has 0 saturated carbocycles. The predicted octanol–water partition coefficient (Wildman–Crippen LogP) is 2.30. The maximum absolute atomic E-state index is 5.71. The molecule has 1 unspecified atom stereocenters. The van der Waals surface area contributed by atoms with Gasteiger partial charge in [-0.2, -0.15) is 5.10 Å². The third-order valence-corrected chi connectivity index (χ3v) is 4.07. The smallest absolute Gasteiger partial charge is 0.0665 e. The number of nitrogens with zero attached hydrogens (tertiary/aromatic N) is 3. The molecule has 1 aliphatic rings.